The van der Waals surface area contributed by atoms with E-state index in [4.69, 9.17) is 16.3 Å². The molecule has 0 bridgehead atoms. The molecule has 30 heavy (non-hydrogen) atoms. The van der Waals surface area contributed by atoms with E-state index in [1.54, 1.807) is 26.2 Å². The monoisotopic (exact) mass is 436 g/mol. The second-order valence-corrected chi connectivity index (χ2v) is 8.13. The fourth-order valence-electron chi connectivity index (χ4n) is 3.88. The van der Waals surface area contributed by atoms with Crippen LogP contribution in [0, 0.1) is 12.8 Å². The van der Waals surface area contributed by atoms with Crippen molar-refractivity contribution < 1.29 is 14.6 Å². The molecular weight excluding hydrogens is 408 g/mol. The van der Waals surface area contributed by atoms with Crippen molar-refractivity contribution in [2.75, 3.05) is 13.7 Å². The zero-order valence-electron chi connectivity index (χ0n) is 17.4. The first-order valence-electron chi connectivity index (χ1n) is 10.4. The number of nitrogens with zero attached hydrogens (tertiary/aromatic N) is 3. The van der Waals surface area contributed by atoms with E-state index in [9.17, 15) is 14.7 Å². The lowest BCUT2D eigenvalue weighted by Crippen LogP contribution is -2.40. The van der Waals surface area contributed by atoms with Crippen LogP contribution in [0.4, 0.5) is 0 Å². The highest BCUT2D eigenvalue weighted by molar-refractivity contribution is 6.33. The summed E-state index contributed by atoms with van der Waals surface area (Å²) < 4.78 is 7.78. The van der Waals surface area contributed by atoms with Crippen molar-refractivity contribution in [2.24, 2.45) is 5.92 Å². The minimum Gasteiger partial charge on any atom is -0.383 e. The van der Waals surface area contributed by atoms with Gasteiger partial charge in [0.1, 0.15) is 12.1 Å². The van der Waals surface area contributed by atoms with Crippen molar-refractivity contribution >= 4 is 17.5 Å². The Bertz CT molecular complexity index is 932. The molecule has 0 aliphatic heterocycles. The van der Waals surface area contributed by atoms with Crippen LogP contribution < -0.4 is 11.0 Å². The van der Waals surface area contributed by atoms with Crippen LogP contribution in [-0.4, -0.2) is 45.3 Å². The molecule has 0 spiro atoms. The van der Waals surface area contributed by atoms with Crippen molar-refractivity contribution in [3.05, 3.63) is 45.1 Å². The molecule has 1 heterocycles. The van der Waals surface area contributed by atoms with Gasteiger partial charge in [0.05, 0.1) is 29.4 Å². The Hall–Kier alpha value is -2.16. The fourth-order valence-corrected chi connectivity index (χ4v) is 4.08. The van der Waals surface area contributed by atoms with E-state index in [1.165, 1.54) is 15.3 Å². The predicted octanol–water partition coefficient (Wildman–Crippen LogP) is 2.66. The lowest BCUT2D eigenvalue weighted by atomic mass is 9.98. The highest BCUT2D eigenvalue weighted by Crippen LogP contribution is 2.25. The number of rotatable bonds is 7. The van der Waals surface area contributed by atoms with Crippen molar-refractivity contribution in [1.29, 1.82) is 0 Å². The summed E-state index contributed by atoms with van der Waals surface area (Å²) in [6.07, 6.45) is 5.30. The van der Waals surface area contributed by atoms with E-state index in [2.05, 4.69) is 10.4 Å². The van der Waals surface area contributed by atoms with Gasteiger partial charge in [-0.15, -0.1) is 0 Å². The number of carbonyl (C=O) groups is 1. The van der Waals surface area contributed by atoms with Gasteiger partial charge >= 0.3 is 5.69 Å². The molecule has 1 aromatic heterocycles. The standard InChI is InChI=1S/C21H29ClN4O4/c1-14-24-26(21(29)25(14)11-12-30-2)16-9-10-18(22)17(13-16)20(28)23-19(27)15-7-5-3-4-6-8-15/h9-10,13,15,19,27H,3-8,11-12H2,1-2H3,(H,23,28). The summed E-state index contributed by atoms with van der Waals surface area (Å²) >= 11 is 6.25. The highest BCUT2D eigenvalue weighted by atomic mass is 35.5. The van der Waals surface area contributed by atoms with Crippen LogP contribution in [0.3, 0.4) is 0 Å². The molecule has 0 radical (unpaired) electrons. The van der Waals surface area contributed by atoms with E-state index in [0.29, 0.717) is 24.7 Å². The maximum atomic E-state index is 12.8. The molecule has 1 amide bonds. The van der Waals surface area contributed by atoms with Gasteiger partial charge in [0.25, 0.3) is 5.91 Å². The number of hydrogen-bond acceptors (Lipinski definition) is 5. The van der Waals surface area contributed by atoms with Gasteiger partial charge < -0.3 is 15.2 Å². The van der Waals surface area contributed by atoms with E-state index >= 15 is 0 Å². The summed E-state index contributed by atoms with van der Waals surface area (Å²) in [5, 5.41) is 17.7. The van der Waals surface area contributed by atoms with Gasteiger partial charge in [-0.3, -0.25) is 9.36 Å². The molecule has 2 N–H and O–H groups in total. The molecule has 1 fully saturated rings. The fraction of sp³-hybridized carbons (Fsp3) is 0.571. The number of hydrogen-bond donors (Lipinski definition) is 2. The van der Waals surface area contributed by atoms with E-state index in [-0.39, 0.29) is 22.2 Å². The minimum atomic E-state index is -0.923. The van der Waals surface area contributed by atoms with Crippen LogP contribution in [0.2, 0.25) is 5.02 Å². The third kappa shape index (κ3) is 5.11. The zero-order valence-corrected chi connectivity index (χ0v) is 18.2. The van der Waals surface area contributed by atoms with Crippen LogP contribution in [0.25, 0.3) is 5.69 Å². The molecule has 0 saturated heterocycles. The third-order valence-corrected chi connectivity index (χ3v) is 5.96. The minimum absolute atomic E-state index is 0.0418. The van der Waals surface area contributed by atoms with E-state index in [1.807, 2.05) is 0 Å². The van der Waals surface area contributed by atoms with Gasteiger partial charge in [-0.25, -0.2) is 4.79 Å². The zero-order chi connectivity index (χ0) is 21.7. The van der Waals surface area contributed by atoms with E-state index < -0.39 is 12.1 Å². The third-order valence-electron chi connectivity index (χ3n) is 5.63. The molecule has 2 aromatic rings. The maximum absolute atomic E-state index is 12.8. The molecule has 1 aliphatic rings. The highest BCUT2D eigenvalue weighted by Gasteiger charge is 2.24. The topological polar surface area (TPSA) is 98.4 Å². The largest absolute Gasteiger partial charge is 0.383 e. The second kappa shape index (κ2) is 10.2. The Morgan fingerprint density at radius 3 is 2.70 bits per heavy atom. The Balaban J connectivity index is 1.81. The number of aliphatic hydroxyl groups excluding tert-OH is 1. The summed E-state index contributed by atoms with van der Waals surface area (Å²) in [7, 11) is 1.57. The number of aromatic nitrogens is 3. The van der Waals surface area contributed by atoms with Gasteiger partial charge in [0.2, 0.25) is 0 Å². The Morgan fingerprint density at radius 2 is 2.03 bits per heavy atom. The summed E-state index contributed by atoms with van der Waals surface area (Å²) in [6.45, 7) is 2.51. The quantitative estimate of drug-likeness (QED) is 0.513. The predicted molar refractivity (Wildman–Crippen MR) is 114 cm³/mol. The number of methoxy groups -OCH3 is 1. The number of aliphatic hydroxyl groups is 1. The number of benzene rings is 1. The Morgan fingerprint density at radius 1 is 1.33 bits per heavy atom. The molecule has 164 valence electrons. The lowest BCUT2D eigenvalue weighted by molar-refractivity contribution is 0.0532. The number of nitrogens with one attached hydrogen (secondary N) is 1. The Labute approximate surface area is 180 Å². The van der Waals surface area contributed by atoms with Gasteiger partial charge in [-0.1, -0.05) is 37.3 Å². The molecule has 3 rings (SSSR count). The van der Waals surface area contributed by atoms with Crippen LogP contribution in [0.5, 0.6) is 0 Å². The number of aryl methyl sites for hydroxylation is 1. The molecule has 8 nitrogen and oxygen atoms in total. The summed E-state index contributed by atoms with van der Waals surface area (Å²) in [4.78, 5) is 25.5. The molecule has 9 heteroatoms. The number of carbonyl (C=O) groups excluding carboxylic acids is 1. The molecule has 1 atom stereocenters. The first-order valence-corrected chi connectivity index (χ1v) is 10.7. The van der Waals surface area contributed by atoms with Crippen molar-refractivity contribution in [1.82, 2.24) is 19.7 Å². The average molecular weight is 437 g/mol. The van der Waals surface area contributed by atoms with Crippen molar-refractivity contribution in [3.63, 3.8) is 0 Å². The van der Waals surface area contributed by atoms with Gasteiger partial charge in [-0.2, -0.15) is 9.78 Å². The number of ether oxygens (including phenoxy) is 1. The van der Waals surface area contributed by atoms with Gasteiger partial charge in [-0.05, 0) is 38.0 Å². The smallest absolute Gasteiger partial charge is 0.350 e. The average Bonchev–Trinajstić information content (AvgIpc) is 2.91. The van der Waals surface area contributed by atoms with Gasteiger partial charge in [0, 0.05) is 13.0 Å². The Kier molecular flexibility index (Phi) is 7.69. The molecule has 1 aliphatic carbocycles. The molecule has 1 saturated carbocycles. The number of amides is 1. The van der Waals surface area contributed by atoms with Crippen LogP contribution >= 0.6 is 11.6 Å². The van der Waals surface area contributed by atoms with Crippen molar-refractivity contribution in [3.8, 4) is 5.69 Å². The first-order chi connectivity index (χ1) is 14.4. The van der Waals surface area contributed by atoms with Crippen molar-refractivity contribution in [2.45, 2.75) is 58.2 Å². The second-order valence-electron chi connectivity index (χ2n) is 7.72. The van der Waals surface area contributed by atoms with Crippen LogP contribution in [0.15, 0.2) is 23.0 Å². The molecule has 1 aromatic carbocycles. The van der Waals surface area contributed by atoms with Gasteiger partial charge in [0.15, 0.2) is 0 Å². The summed E-state index contributed by atoms with van der Waals surface area (Å²) in [5.41, 5.74) is 0.298. The van der Waals surface area contributed by atoms with Crippen LogP contribution in [0.1, 0.15) is 54.7 Å². The molecular formula is C21H29ClN4O4. The van der Waals surface area contributed by atoms with E-state index in [0.717, 1.165) is 38.5 Å². The summed E-state index contributed by atoms with van der Waals surface area (Å²) in [5.74, 6) is 0.115. The molecule has 1 unspecified atom stereocenters. The number of halogens is 1. The maximum Gasteiger partial charge on any atom is 0.350 e. The summed E-state index contributed by atoms with van der Waals surface area (Å²) in [6, 6.07) is 4.71. The first kappa shape index (κ1) is 22.5. The van der Waals surface area contributed by atoms with Crippen LogP contribution in [-0.2, 0) is 11.3 Å². The lowest BCUT2D eigenvalue weighted by Gasteiger charge is -2.22. The SMILES string of the molecule is COCCn1c(C)nn(-c2ccc(Cl)c(C(=O)NC(O)C3CCCCCC3)c2)c1=O. The normalized spacial score (nSPS) is 16.3.